The molecule has 0 spiro atoms. The van der Waals surface area contributed by atoms with Crippen molar-refractivity contribution in [3.05, 3.63) is 36.5 Å². The first-order valence-corrected chi connectivity index (χ1v) is 24.2. The zero-order valence-corrected chi connectivity index (χ0v) is 37.1. The van der Waals surface area contributed by atoms with Crippen LogP contribution in [0.5, 0.6) is 0 Å². The molecule has 0 aromatic rings. The molecular formula is C50H93NO5. The van der Waals surface area contributed by atoms with Crippen molar-refractivity contribution in [1.29, 1.82) is 0 Å². The van der Waals surface area contributed by atoms with Crippen molar-refractivity contribution in [2.75, 3.05) is 13.2 Å². The number of ether oxygens (including phenoxy) is 1. The Bertz CT molecular complexity index is 915. The number of nitrogens with one attached hydrogen (secondary N) is 1. The Morgan fingerprint density at radius 1 is 0.500 bits per heavy atom. The summed E-state index contributed by atoms with van der Waals surface area (Å²) in [6, 6.07) is -0.559. The van der Waals surface area contributed by atoms with Crippen LogP contribution in [0.15, 0.2) is 36.5 Å². The van der Waals surface area contributed by atoms with Crippen molar-refractivity contribution in [1.82, 2.24) is 5.32 Å². The number of allylic oxidation sites excluding steroid dienone is 6. The second kappa shape index (κ2) is 45.8. The maximum atomic E-state index is 12.4. The first kappa shape index (κ1) is 54.1. The summed E-state index contributed by atoms with van der Waals surface area (Å²) in [7, 11) is 0. The van der Waals surface area contributed by atoms with Gasteiger partial charge in [-0.05, 0) is 89.9 Å². The number of aliphatic hydroxyl groups is 2. The van der Waals surface area contributed by atoms with E-state index in [0.29, 0.717) is 25.9 Å². The topological polar surface area (TPSA) is 95.9 Å². The Hall–Kier alpha value is -1.92. The van der Waals surface area contributed by atoms with Crippen molar-refractivity contribution in [3.63, 3.8) is 0 Å². The smallest absolute Gasteiger partial charge is 0.305 e. The molecule has 3 N–H and O–H groups in total. The highest BCUT2D eigenvalue weighted by Gasteiger charge is 2.20. The minimum atomic E-state index is -0.679. The summed E-state index contributed by atoms with van der Waals surface area (Å²) in [5, 5.41) is 23.1. The van der Waals surface area contributed by atoms with Crippen LogP contribution in [-0.2, 0) is 14.3 Å². The van der Waals surface area contributed by atoms with Crippen LogP contribution in [-0.4, -0.2) is 47.4 Å². The third kappa shape index (κ3) is 41.7. The zero-order valence-electron chi connectivity index (χ0n) is 37.1. The Kier molecular flexibility index (Phi) is 44.2. The van der Waals surface area contributed by atoms with Crippen molar-refractivity contribution < 1.29 is 24.5 Å². The fraction of sp³-hybridized carbons (Fsp3) is 0.840. The molecule has 0 rings (SSSR count). The highest BCUT2D eigenvalue weighted by atomic mass is 16.5. The van der Waals surface area contributed by atoms with E-state index in [0.717, 1.165) is 83.5 Å². The molecule has 6 nitrogen and oxygen atoms in total. The standard InChI is InChI=1S/C50H93NO5/c1-3-5-7-9-11-13-15-16-17-18-19-20-24-28-32-36-40-44-50(55)56-45-41-37-33-29-25-22-21-23-27-31-35-39-43-49(54)51-47(46-52)48(53)42-38-34-30-26-14-12-10-8-6-4-2/h11,13,16-17,22,25,47-48,52-53H,3-10,12,14-15,18-21,23-24,26-46H2,1-2H3,(H,51,54)/b13-11-,17-16-,25-22-. The Morgan fingerprint density at radius 2 is 0.893 bits per heavy atom. The summed E-state index contributed by atoms with van der Waals surface area (Å²) in [5.41, 5.74) is 0. The van der Waals surface area contributed by atoms with Gasteiger partial charge in [-0.3, -0.25) is 9.59 Å². The van der Waals surface area contributed by atoms with Crippen molar-refractivity contribution in [2.24, 2.45) is 0 Å². The number of hydrogen-bond acceptors (Lipinski definition) is 5. The molecule has 0 saturated carbocycles. The summed E-state index contributed by atoms with van der Waals surface area (Å²) in [4.78, 5) is 24.4. The van der Waals surface area contributed by atoms with Crippen LogP contribution in [0.1, 0.15) is 245 Å². The average Bonchev–Trinajstić information content (AvgIpc) is 3.20. The molecule has 328 valence electrons. The van der Waals surface area contributed by atoms with Crippen molar-refractivity contribution >= 4 is 11.9 Å². The van der Waals surface area contributed by atoms with Gasteiger partial charge in [-0.2, -0.15) is 0 Å². The molecular weight excluding hydrogens is 695 g/mol. The lowest BCUT2D eigenvalue weighted by Gasteiger charge is -2.22. The number of hydrogen-bond donors (Lipinski definition) is 3. The minimum absolute atomic E-state index is 0.0315. The molecule has 1 amide bonds. The Balaban J connectivity index is 3.50. The van der Waals surface area contributed by atoms with Gasteiger partial charge in [0.05, 0.1) is 25.4 Å². The van der Waals surface area contributed by atoms with E-state index in [1.807, 2.05) is 0 Å². The van der Waals surface area contributed by atoms with Crippen LogP contribution in [0.4, 0.5) is 0 Å². The number of unbranched alkanes of at least 4 members (excludes halogenated alkanes) is 27. The summed E-state index contributed by atoms with van der Waals surface area (Å²) in [5.74, 6) is -0.0960. The van der Waals surface area contributed by atoms with Crippen LogP contribution >= 0.6 is 0 Å². The van der Waals surface area contributed by atoms with Gasteiger partial charge in [0, 0.05) is 12.8 Å². The van der Waals surface area contributed by atoms with Gasteiger partial charge < -0.3 is 20.3 Å². The molecule has 56 heavy (non-hydrogen) atoms. The van der Waals surface area contributed by atoms with E-state index in [2.05, 4.69) is 55.6 Å². The molecule has 0 aliphatic heterocycles. The van der Waals surface area contributed by atoms with E-state index in [1.54, 1.807) is 0 Å². The Labute approximate surface area is 347 Å². The Morgan fingerprint density at radius 3 is 1.41 bits per heavy atom. The van der Waals surface area contributed by atoms with Gasteiger partial charge in [0.2, 0.25) is 5.91 Å². The third-order valence-corrected chi connectivity index (χ3v) is 10.9. The molecule has 0 fully saturated rings. The normalized spacial score (nSPS) is 13.0. The summed E-state index contributed by atoms with van der Waals surface area (Å²) in [6.45, 7) is 4.84. The minimum Gasteiger partial charge on any atom is -0.466 e. The lowest BCUT2D eigenvalue weighted by atomic mass is 10.0. The van der Waals surface area contributed by atoms with E-state index in [-0.39, 0.29) is 18.5 Å². The maximum absolute atomic E-state index is 12.4. The fourth-order valence-electron chi connectivity index (χ4n) is 7.13. The monoisotopic (exact) mass is 788 g/mol. The lowest BCUT2D eigenvalue weighted by molar-refractivity contribution is -0.143. The highest BCUT2D eigenvalue weighted by Crippen LogP contribution is 2.15. The molecule has 0 aliphatic rings. The summed E-state index contributed by atoms with van der Waals surface area (Å²) < 4.78 is 5.44. The van der Waals surface area contributed by atoms with Gasteiger partial charge in [-0.25, -0.2) is 0 Å². The number of esters is 1. The second-order valence-electron chi connectivity index (χ2n) is 16.4. The molecule has 0 bridgehead atoms. The predicted octanol–water partition coefficient (Wildman–Crippen LogP) is 14.1. The van der Waals surface area contributed by atoms with Gasteiger partial charge >= 0.3 is 5.97 Å². The average molecular weight is 788 g/mol. The molecule has 0 radical (unpaired) electrons. The number of amides is 1. The summed E-state index contributed by atoms with van der Waals surface area (Å²) in [6.07, 6.45) is 53.9. The molecule has 2 unspecified atom stereocenters. The van der Waals surface area contributed by atoms with Gasteiger partial charge in [0.25, 0.3) is 0 Å². The lowest BCUT2D eigenvalue weighted by Crippen LogP contribution is -2.45. The number of rotatable bonds is 44. The molecule has 2 atom stereocenters. The largest absolute Gasteiger partial charge is 0.466 e. The summed E-state index contributed by atoms with van der Waals surface area (Å²) >= 11 is 0. The van der Waals surface area contributed by atoms with E-state index in [4.69, 9.17) is 4.74 Å². The molecule has 0 aliphatic carbocycles. The van der Waals surface area contributed by atoms with Crippen LogP contribution in [0.3, 0.4) is 0 Å². The second-order valence-corrected chi connectivity index (χ2v) is 16.4. The van der Waals surface area contributed by atoms with Gasteiger partial charge in [-0.1, -0.05) is 179 Å². The van der Waals surface area contributed by atoms with E-state index in [9.17, 15) is 19.8 Å². The maximum Gasteiger partial charge on any atom is 0.305 e. The third-order valence-electron chi connectivity index (χ3n) is 10.9. The van der Waals surface area contributed by atoms with Crippen LogP contribution in [0.25, 0.3) is 0 Å². The molecule has 0 aromatic carbocycles. The van der Waals surface area contributed by atoms with Crippen molar-refractivity contribution in [3.8, 4) is 0 Å². The SMILES string of the molecule is CCCCC/C=C\C/C=C\CCCCCCCCCC(=O)OCCCCC/C=C\CCCCCCCC(=O)NC(CO)C(O)CCCCCCCCCCCC. The predicted molar refractivity (Wildman–Crippen MR) is 241 cm³/mol. The number of carbonyl (C=O) groups excluding carboxylic acids is 2. The quantitative estimate of drug-likeness (QED) is 0.0325. The fourth-order valence-corrected chi connectivity index (χ4v) is 7.13. The first-order chi connectivity index (χ1) is 27.5. The number of carbonyl (C=O) groups is 2. The van der Waals surface area contributed by atoms with Gasteiger partial charge in [0.15, 0.2) is 0 Å². The van der Waals surface area contributed by atoms with Crippen molar-refractivity contribution in [2.45, 2.75) is 257 Å². The van der Waals surface area contributed by atoms with Gasteiger partial charge in [-0.15, -0.1) is 0 Å². The first-order valence-electron chi connectivity index (χ1n) is 24.2. The molecule has 0 heterocycles. The van der Waals surface area contributed by atoms with Crippen LogP contribution in [0.2, 0.25) is 0 Å². The molecule has 6 heteroatoms. The number of aliphatic hydroxyl groups excluding tert-OH is 2. The zero-order chi connectivity index (χ0) is 40.8. The van der Waals surface area contributed by atoms with Crippen LogP contribution < -0.4 is 5.32 Å². The van der Waals surface area contributed by atoms with E-state index < -0.39 is 12.1 Å². The highest BCUT2D eigenvalue weighted by molar-refractivity contribution is 5.76. The van der Waals surface area contributed by atoms with Crippen LogP contribution in [0, 0.1) is 0 Å². The molecule has 0 aromatic heterocycles. The van der Waals surface area contributed by atoms with E-state index >= 15 is 0 Å². The van der Waals surface area contributed by atoms with Gasteiger partial charge in [0.1, 0.15) is 0 Å². The van der Waals surface area contributed by atoms with E-state index in [1.165, 1.54) is 128 Å². The molecule has 0 saturated heterocycles.